The molecule has 9 heteroatoms. The van der Waals surface area contributed by atoms with Crippen molar-refractivity contribution in [2.45, 2.75) is 41.7 Å². The minimum atomic E-state index is -4.73. The Hall–Kier alpha value is -1.32. The third-order valence-electron chi connectivity index (χ3n) is 5.55. The van der Waals surface area contributed by atoms with Crippen LogP contribution in [0.3, 0.4) is 0 Å². The van der Waals surface area contributed by atoms with E-state index in [4.69, 9.17) is 4.74 Å². The van der Waals surface area contributed by atoms with Crippen LogP contribution in [-0.2, 0) is 20.8 Å². The number of anilines is 1. The number of sulfone groups is 1. The van der Waals surface area contributed by atoms with Gasteiger partial charge in [0.2, 0.25) is 0 Å². The summed E-state index contributed by atoms with van der Waals surface area (Å²) in [6, 6.07) is 3.61. The number of hydrogen-bond acceptors (Lipinski definition) is 5. The molecule has 27 heavy (non-hydrogen) atoms. The molecule has 1 aliphatic heterocycles. The van der Waals surface area contributed by atoms with Gasteiger partial charge in [0, 0.05) is 39.0 Å². The average Bonchev–Trinajstić information content (AvgIpc) is 3.11. The summed E-state index contributed by atoms with van der Waals surface area (Å²) in [5.74, 6) is 0. The first-order chi connectivity index (χ1) is 12.6. The molecular formula is C18H25F3N2O3S. The molecule has 0 spiro atoms. The number of alkyl halides is 3. The number of piperazine rings is 1. The lowest BCUT2D eigenvalue weighted by Gasteiger charge is -2.34. The van der Waals surface area contributed by atoms with Crippen molar-refractivity contribution < 1.29 is 26.3 Å². The van der Waals surface area contributed by atoms with Crippen LogP contribution in [-0.4, -0.2) is 65.0 Å². The lowest BCUT2D eigenvalue weighted by atomic mass is 10.1. The Morgan fingerprint density at radius 1 is 1.11 bits per heavy atom. The van der Waals surface area contributed by atoms with Crippen molar-refractivity contribution in [3.8, 4) is 0 Å². The van der Waals surface area contributed by atoms with Crippen LogP contribution in [0.15, 0.2) is 23.1 Å². The maximum atomic E-state index is 13.7. The molecule has 3 rings (SSSR count). The number of benzene rings is 1. The Bertz CT molecular complexity index is 775. The number of halogens is 3. The largest absolute Gasteiger partial charge is 0.417 e. The topological polar surface area (TPSA) is 49.9 Å². The van der Waals surface area contributed by atoms with Gasteiger partial charge in [-0.25, -0.2) is 8.42 Å². The van der Waals surface area contributed by atoms with E-state index in [2.05, 4.69) is 4.90 Å². The number of hydrogen-bond donors (Lipinski definition) is 0. The van der Waals surface area contributed by atoms with Gasteiger partial charge >= 0.3 is 6.18 Å². The first-order valence-electron chi connectivity index (χ1n) is 9.04. The van der Waals surface area contributed by atoms with Crippen molar-refractivity contribution in [2.75, 3.05) is 45.2 Å². The highest BCUT2D eigenvalue weighted by molar-refractivity contribution is 7.92. The van der Waals surface area contributed by atoms with Crippen LogP contribution in [0.25, 0.3) is 0 Å². The number of rotatable bonds is 4. The zero-order valence-electron chi connectivity index (χ0n) is 15.5. The minimum absolute atomic E-state index is 0.219. The van der Waals surface area contributed by atoms with Crippen LogP contribution in [0.1, 0.15) is 24.8 Å². The van der Waals surface area contributed by atoms with Gasteiger partial charge in [0.15, 0.2) is 9.84 Å². The van der Waals surface area contributed by atoms with Gasteiger partial charge in [-0.15, -0.1) is 0 Å². The van der Waals surface area contributed by atoms with Crippen molar-refractivity contribution >= 4 is 15.5 Å². The van der Waals surface area contributed by atoms with Crippen molar-refractivity contribution in [1.82, 2.24) is 4.90 Å². The van der Waals surface area contributed by atoms with E-state index in [0.29, 0.717) is 31.6 Å². The zero-order chi connectivity index (χ0) is 19.8. The van der Waals surface area contributed by atoms with Crippen LogP contribution in [0.4, 0.5) is 18.9 Å². The number of nitrogens with zero attached hydrogens (tertiary/aromatic N) is 2. The SMILES string of the molecule is CO[C@H]1CC[C@H](S(=O)(=O)c2ccc(N3CCN(C)CC3)cc2C(F)(F)F)C1. The zero-order valence-corrected chi connectivity index (χ0v) is 16.3. The van der Waals surface area contributed by atoms with Gasteiger partial charge in [0.05, 0.1) is 21.8 Å². The lowest BCUT2D eigenvalue weighted by molar-refractivity contribution is -0.139. The molecule has 2 fully saturated rings. The quantitative estimate of drug-likeness (QED) is 0.770. The summed E-state index contributed by atoms with van der Waals surface area (Å²) in [4.78, 5) is 3.35. The fourth-order valence-corrected chi connectivity index (χ4v) is 5.84. The highest BCUT2D eigenvalue weighted by Gasteiger charge is 2.42. The van der Waals surface area contributed by atoms with Gasteiger partial charge in [0.1, 0.15) is 0 Å². The molecule has 1 saturated heterocycles. The Kier molecular flexibility index (Phi) is 5.74. The fourth-order valence-electron chi connectivity index (χ4n) is 3.83. The van der Waals surface area contributed by atoms with Crippen molar-refractivity contribution in [3.63, 3.8) is 0 Å². The van der Waals surface area contributed by atoms with Gasteiger partial charge in [-0.2, -0.15) is 13.2 Å². The van der Waals surface area contributed by atoms with E-state index in [1.54, 1.807) is 0 Å². The summed E-state index contributed by atoms with van der Waals surface area (Å²) in [5, 5.41) is -0.835. The third kappa shape index (κ3) is 4.25. The summed E-state index contributed by atoms with van der Waals surface area (Å²) in [6.07, 6.45) is -3.86. The molecule has 0 bridgehead atoms. The summed E-state index contributed by atoms with van der Waals surface area (Å²) in [6.45, 7) is 2.72. The first kappa shape index (κ1) is 20.4. The van der Waals surface area contributed by atoms with E-state index in [1.165, 1.54) is 13.2 Å². The molecule has 5 nitrogen and oxygen atoms in total. The summed E-state index contributed by atoms with van der Waals surface area (Å²) in [7, 11) is -0.625. The predicted octanol–water partition coefficient (Wildman–Crippen LogP) is 2.80. The molecule has 0 radical (unpaired) electrons. The van der Waals surface area contributed by atoms with Crippen LogP contribution < -0.4 is 4.90 Å². The molecule has 2 atom stereocenters. The Labute approximate surface area is 158 Å². The molecule has 1 aliphatic carbocycles. The van der Waals surface area contributed by atoms with E-state index < -0.39 is 31.7 Å². The molecule has 0 aromatic heterocycles. The molecule has 0 amide bonds. The summed E-state index contributed by atoms with van der Waals surface area (Å²) < 4.78 is 72.1. The molecule has 0 unspecified atom stereocenters. The minimum Gasteiger partial charge on any atom is -0.381 e. The van der Waals surface area contributed by atoms with Crippen LogP contribution in [0.2, 0.25) is 0 Å². The van der Waals surface area contributed by atoms with E-state index in [9.17, 15) is 21.6 Å². The first-order valence-corrected chi connectivity index (χ1v) is 10.6. The third-order valence-corrected chi connectivity index (χ3v) is 7.83. The van der Waals surface area contributed by atoms with Crippen LogP contribution in [0, 0.1) is 0 Å². The van der Waals surface area contributed by atoms with Crippen LogP contribution in [0.5, 0.6) is 0 Å². The standard InChI is InChI=1S/C18H25F3N2O3S/c1-22-7-9-23(10-8-22)13-3-6-17(16(11-13)18(19,20)21)27(24,25)15-5-4-14(12-15)26-2/h3,6,11,14-15H,4-5,7-10,12H2,1-2H3/t14-,15-/m0/s1. The van der Waals surface area contributed by atoms with E-state index in [-0.39, 0.29) is 12.5 Å². The van der Waals surface area contributed by atoms with Gasteiger partial charge < -0.3 is 14.5 Å². The fraction of sp³-hybridized carbons (Fsp3) is 0.667. The maximum absolute atomic E-state index is 13.7. The normalized spacial score (nSPS) is 25.1. The Morgan fingerprint density at radius 3 is 2.33 bits per heavy atom. The number of methoxy groups -OCH3 is 1. The molecule has 1 aromatic rings. The smallest absolute Gasteiger partial charge is 0.381 e. The van der Waals surface area contributed by atoms with Gasteiger partial charge in [0.25, 0.3) is 0 Å². The highest BCUT2D eigenvalue weighted by Crippen LogP contribution is 2.40. The van der Waals surface area contributed by atoms with Crippen molar-refractivity contribution in [2.24, 2.45) is 0 Å². The lowest BCUT2D eigenvalue weighted by Crippen LogP contribution is -2.44. The number of likely N-dealkylation sites (N-methyl/N-ethyl adjacent to an activating group) is 1. The molecule has 1 saturated carbocycles. The van der Waals surface area contributed by atoms with E-state index in [0.717, 1.165) is 25.2 Å². The second-order valence-electron chi connectivity index (χ2n) is 7.31. The number of ether oxygens (including phenoxy) is 1. The molecular weight excluding hydrogens is 381 g/mol. The van der Waals surface area contributed by atoms with Gasteiger partial charge in [-0.05, 0) is 44.5 Å². The van der Waals surface area contributed by atoms with E-state index in [1.807, 2.05) is 11.9 Å². The molecule has 2 aliphatic rings. The molecule has 152 valence electrons. The van der Waals surface area contributed by atoms with Crippen molar-refractivity contribution in [1.29, 1.82) is 0 Å². The van der Waals surface area contributed by atoms with Gasteiger partial charge in [-0.1, -0.05) is 0 Å². The predicted molar refractivity (Wildman–Crippen MR) is 96.8 cm³/mol. The highest BCUT2D eigenvalue weighted by atomic mass is 32.2. The average molecular weight is 406 g/mol. The molecule has 1 heterocycles. The van der Waals surface area contributed by atoms with Crippen molar-refractivity contribution in [3.05, 3.63) is 23.8 Å². The van der Waals surface area contributed by atoms with Crippen LogP contribution >= 0.6 is 0 Å². The Balaban J connectivity index is 1.95. The molecule has 0 N–H and O–H groups in total. The molecule has 1 aromatic carbocycles. The maximum Gasteiger partial charge on any atom is 0.417 e. The summed E-state index contributed by atoms with van der Waals surface area (Å²) in [5.41, 5.74) is -0.657. The van der Waals surface area contributed by atoms with Gasteiger partial charge in [-0.3, -0.25) is 0 Å². The van der Waals surface area contributed by atoms with E-state index >= 15 is 0 Å². The second-order valence-corrected chi connectivity index (χ2v) is 9.50. The monoisotopic (exact) mass is 406 g/mol. The Morgan fingerprint density at radius 2 is 1.78 bits per heavy atom. The summed E-state index contributed by atoms with van der Waals surface area (Å²) >= 11 is 0. The second kappa shape index (κ2) is 7.60.